The minimum atomic E-state index is 0.00516. The Balaban J connectivity index is 2.03. The zero-order chi connectivity index (χ0) is 13.7. The molecule has 0 N–H and O–H groups in total. The molecule has 1 aliphatic rings. The van der Waals surface area contributed by atoms with Gasteiger partial charge in [-0.2, -0.15) is 0 Å². The van der Waals surface area contributed by atoms with Crippen LogP contribution in [0.5, 0.6) is 5.75 Å². The molecule has 0 radical (unpaired) electrons. The minimum Gasteiger partial charge on any atom is -0.490 e. The Kier molecular flexibility index (Phi) is 4.61. The highest BCUT2D eigenvalue weighted by molar-refractivity contribution is 6.04. The summed E-state index contributed by atoms with van der Waals surface area (Å²) in [5.74, 6) is 0.807. The second-order valence-electron chi connectivity index (χ2n) is 5.20. The van der Waals surface area contributed by atoms with Crippen LogP contribution >= 0.6 is 0 Å². The molecule has 3 heteroatoms. The van der Waals surface area contributed by atoms with Gasteiger partial charge in [0.1, 0.15) is 5.75 Å². The fourth-order valence-electron chi connectivity index (χ4n) is 2.23. The van der Waals surface area contributed by atoms with Gasteiger partial charge >= 0.3 is 0 Å². The molecule has 3 nitrogen and oxygen atoms in total. The summed E-state index contributed by atoms with van der Waals surface area (Å²) in [5.41, 5.74) is 0.675. The molecule has 2 rings (SSSR count). The lowest BCUT2D eigenvalue weighted by molar-refractivity contribution is 0.104. The SMILES string of the molecule is CN(C)C=CC(=O)c1cccc(OC2CCCC2)c1. The summed E-state index contributed by atoms with van der Waals surface area (Å²) in [6, 6.07) is 7.45. The van der Waals surface area contributed by atoms with Crippen LogP contribution in [0.1, 0.15) is 36.0 Å². The van der Waals surface area contributed by atoms with Crippen molar-refractivity contribution in [2.45, 2.75) is 31.8 Å². The first-order valence-corrected chi connectivity index (χ1v) is 6.81. The smallest absolute Gasteiger partial charge is 0.187 e. The van der Waals surface area contributed by atoms with Crippen molar-refractivity contribution < 1.29 is 9.53 Å². The Morgan fingerprint density at radius 1 is 1.32 bits per heavy atom. The van der Waals surface area contributed by atoms with Crippen LogP contribution in [0, 0.1) is 0 Å². The summed E-state index contributed by atoms with van der Waals surface area (Å²) >= 11 is 0. The van der Waals surface area contributed by atoms with E-state index in [-0.39, 0.29) is 5.78 Å². The number of hydrogen-bond acceptors (Lipinski definition) is 3. The van der Waals surface area contributed by atoms with E-state index in [0.29, 0.717) is 11.7 Å². The number of ether oxygens (including phenoxy) is 1. The predicted molar refractivity (Wildman–Crippen MR) is 76.5 cm³/mol. The van der Waals surface area contributed by atoms with E-state index in [9.17, 15) is 4.79 Å². The quantitative estimate of drug-likeness (QED) is 0.600. The highest BCUT2D eigenvalue weighted by Crippen LogP contribution is 2.24. The van der Waals surface area contributed by atoms with Crippen molar-refractivity contribution in [3.05, 3.63) is 42.1 Å². The lowest BCUT2D eigenvalue weighted by atomic mass is 10.1. The Morgan fingerprint density at radius 2 is 2.05 bits per heavy atom. The number of benzene rings is 1. The molecule has 0 atom stereocenters. The maximum Gasteiger partial charge on any atom is 0.187 e. The van der Waals surface area contributed by atoms with Gasteiger partial charge in [-0.05, 0) is 37.8 Å². The topological polar surface area (TPSA) is 29.5 Å². The maximum absolute atomic E-state index is 12.0. The average Bonchev–Trinajstić information content (AvgIpc) is 2.89. The van der Waals surface area contributed by atoms with Gasteiger partial charge in [-0.15, -0.1) is 0 Å². The second-order valence-corrected chi connectivity index (χ2v) is 5.20. The van der Waals surface area contributed by atoms with E-state index < -0.39 is 0 Å². The van der Waals surface area contributed by atoms with Crippen LogP contribution < -0.4 is 4.74 Å². The van der Waals surface area contributed by atoms with Gasteiger partial charge in [-0.25, -0.2) is 0 Å². The number of rotatable bonds is 5. The van der Waals surface area contributed by atoms with Crippen molar-refractivity contribution in [3.8, 4) is 5.75 Å². The summed E-state index contributed by atoms with van der Waals surface area (Å²) in [6.45, 7) is 0. The molecule has 102 valence electrons. The first kappa shape index (κ1) is 13.7. The Morgan fingerprint density at radius 3 is 2.74 bits per heavy atom. The van der Waals surface area contributed by atoms with Crippen LogP contribution in [0.2, 0.25) is 0 Å². The maximum atomic E-state index is 12.0. The molecule has 0 spiro atoms. The molecule has 0 aliphatic heterocycles. The molecule has 1 aromatic carbocycles. The van der Waals surface area contributed by atoms with Crippen molar-refractivity contribution in [1.82, 2.24) is 4.90 Å². The van der Waals surface area contributed by atoms with Gasteiger partial charge in [0.05, 0.1) is 6.10 Å². The average molecular weight is 259 g/mol. The normalized spacial score (nSPS) is 15.9. The molecule has 0 bridgehead atoms. The van der Waals surface area contributed by atoms with Crippen molar-refractivity contribution in [1.29, 1.82) is 0 Å². The Bertz CT molecular complexity index is 460. The monoisotopic (exact) mass is 259 g/mol. The molecule has 1 aliphatic carbocycles. The molecular weight excluding hydrogens is 238 g/mol. The van der Waals surface area contributed by atoms with Gasteiger partial charge in [0.2, 0.25) is 0 Å². The first-order chi connectivity index (χ1) is 9.15. The van der Waals surface area contributed by atoms with Crippen molar-refractivity contribution in [2.24, 2.45) is 0 Å². The lowest BCUT2D eigenvalue weighted by Crippen LogP contribution is -2.11. The van der Waals surface area contributed by atoms with Crippen LogP contribution in [0.25, 0.3) is 0 Å². The van der Waals surface area contributed by atoms with Crippen LogP contribution in [0.3, 0.4) is 0 Å². The molecule has 0 unspecified atom stereocenters. The largest absolute Gasteiger partial charge is 0.490 e. The van der Waals surface area contributed by atoms with Crippen LogP contribution in [-0.4, -0.2) is 30.9 Å². The van der Waals surface area contributed by atoms with Gasteiger partial charge in [-0.1, -0.05) is 12.1 Å². The summed E-state index contributed by atoms with van der Waals surface area (Å²) < 4.78 is 5.90. The van der Waals surface area contributed by atoms with Crippen molar-refractivity contribution >= 4 is 5.78 Å². The fraction of sp³-hybridized carbons (Fsp3) is 0.438. The van der Waals surface area contributed by atoms with E-state index in [2.05, 4.69) is 0 Å². The standard InChI is InChI=1S/C16H21NO2/c1-17(2)11-10-16(18)13-6-5-9-15(12-13)19-14-7-3-4-8-14/h5-6,9-12,14H,3-4,7-8H2,1-2H3. The van der Waals surface area contributed by atoms with E-state index >= 15 is 0 Å². The van der Waals surface area contributed by atoms with Gasteiger partial charge < -0.3 is 9.64 Å². The Hall–Kier alpha value is -1.77. The number of nitrogens with zero attached hydrogens (tertiary/aromatic N) is 1. The molecule has 19 heavy (non-hydrogen) atoms. The van der Waals surface area contributed by atoms with E-state index in [1.807, 2.05) is 43.3 Å². The fourth-order valence-corrected chi connectivity index (χ4v) is 2.23. The van der Waals surface area contributed by atoms with Gasteiger partial charge in [0, 0.05) is 31.9 Å². The van der Waals surface area contributed by atoms with Crippen LogP contribution in [0.15, 0.2) is 36.5 Å². The molecule has 0 amide bonds. The number of hydrogen-bond donors (Lipinski definition) is 0. The number of carbonyl (C=O) groups is 1. The van der Waals surface area contributed by atoms with Crippen molar-refractivity contribution in [3.63, 3.8) is 0 Å². The number of ketones is 1. The molecule has 0 aromatic heterocycles. The Labute approximate surface area is 114 Å². The summed E-state index contributed by atoms with van der Waals surface area (Å²) in [4.78, 5) is 13.8. The van der Waals surface area contributed by atoms with Crippen LogP contribution in [-0.2, 0) is 0 Å². The third-order valence-electron chi connectivity index (χ3n) is 3.25. The number of carbonyl (C=O) groups excluding carboxylic acids is 1. The highest BCUT2D eigenvalue weighted by atomic mass is 16.5. The van der Waals surface area contributed by atoms with Crippen molar-refractivity contribution in [2.75, 3.05) is 14.1 Å². The molecule has 1 saturated carbocycles. The highest BCUT2D eigenvalue weighted by Gasteiger charge is 2.16. The van der Waals surface area contributed by atoms with E-state index in [0.717, 1.165) is 18.6 Å². The zero-order valence-electron chi connectivity index (χ0n) is 11.6. The molecule has 0 saturated heterocycles. The zero-order valence-corrected chi connectivity index (χ0v) is 11.6. The summed E-state index contributed by atoms with van der Waals surface area (Å²) in [7, 11) is 3.78. The molecular formula is C16H21NO2. The van der Waals surface area contributed by atoms with E-state index in [1.54, 1.807) is 12.3 Å². The third kappa shape index (κ3) is 4.12. The van der Waals surface area contributed by atoms with E-state index in [1.165, 1.54) is 12.8 Å². The van der Waals surface area contributed by atoms with Gasteiger partial charge in [0.15, 0.2) is 5.78 Å². The number of allylic oxidation sites excluding steroid dienone is 1. The summed E-state index contributed by atoms with van der Waals surface area (Å²) in [5, 5.41) is 0. The van der Waals surface area contributed by atoms with Gasteiger partial charge in [0.25, 0.3) is 0 Å². The van der Waals surface area contributed by atoms with E-state index in [4.69, 9.17) is 4.74 Å². The molecule has 0 heterocycles. The molecule has 1 aromatic rings. The van der Waals surface area contributed by atoms with Gasteiger partial charge in [-0.3, -0.25) is 4.79 Å². The lowest BCUT2D eigenvalue weighted by Gasteiger charge is -2.13. The minimum absolute atomic E-state index is 0.00516. The summed E-state index contributed by atoms with van der Waals surface area (Å²) in [6.07, 6.45) is 8.39. The second kappa shape index (κ2) is 6.41. The third-order valence-corrected chi connectivity index (χ3v) is 3.25. The first-order valence-electron chi connectivity index (χ1n) is 6.81. The molecule has 1 fully saturated rings. The predicted octanol–water partition coefficient (Wildman–Crippen LogP) is 3.27. The van der Waals surface area contributed by atoms with Crippen LogP contribution in [0.4, 0.5) is 0 Å².